The second-order valence-corrected chi connectivity index (χ2v) is 5.65. The summed E-state index contributed by atoms with van der Waals surface area (Å²) in [6.45, 7) is 3.90. The molecule has 0 spiro atoms. The number of benzene rings is 1. The number of hydrogen-bond acceptors (Lipinski definition) is 2. The Bertz CT molecular complexity index is 459. The van der Waals surface area contributed by atoms with Crippen LogP contribution in [0.3, 0.4) is 0 Å². The number of halogens is 2. The molecule has 1 aliphatic heterocycles. The third-order valence-electron chi connectivity index (χ3n) is 3.53. The molecular formula is C14H18Cl2N2O. The summed E-state index contributed by atoms with van der Waals surface area (Å²) in [5.74, 6) is -0.0360. The highest BCUT2D eigenvalue weighted by atomic mass is 35.5. The van der Waals surface area contributed by atoms with E-state index < -0.39 is 0 Å². The number of anilines is 1. The first-order chi connectivity index (χ1) is 9.09. The average Bonchev–Trinajstić information content (AvgIpc) is 2.44. The van der Waals surface area contributed by atoms with Crippen LogP contribution in [0.1, 0.15) is 26.2 Å². The topological polar surface area (TPSA) is 32.3 Å². The maximum Gasteiger partial charge on any atom is 0.241 e. The number of piperidine rings is 1. The smallest absolute Gasteiger partial charge is 0.241 e. The Morgan fingerprint density at radius 3 is 2.63 bits per heavy atom. The molecule has 1 N–H and O–H groups in total. The minimum Gasteiger partial charge on any atom is -0.323 e. The van der Waals surface area contributed by atoms with Crippen molar-refractivity contribution in [3.05, 3.63) is 28.2 Å². The third kappa shape index (κ3) is 3.62. The van der Waals surface area contributed by atoms with Gasteiger partial charge in [0.15, 0.2) is 0 Å². The Kier molecular flexibility index (Phi) is 5.08. The van der Waals surface area contributed by atoms with Crippen molar-refractivity contribution in [3.63, 3.8) is 0 Å². The zero-order chi connectivity index (χ0) is 13.8. The predicted molar refractivity (Wildman–Crippen MR) is 80.0 cm³/mol. The maximum atomic E-state index is 12.2. The monoisotopic (exact) mass is 300 g/mol. The van der Waals surface area contributed by atoms with Gasteiger partial charge in [-0.3, -0.25) is 9.69 Å². The second kappa shape index (κ2) is 6.60. The van der Waals surface area contributed by atoms with E-state index >= 15 is 0 Å². The number of carbonyl (C=O) groups is 1. The Morgan fingerprint density at radius 2 is 1.95 bits per heavy atom. The third-order valence-corrected chi connectivity index (χ3v) is 4.35. The fraction of sp³-hybridized carbons (Fsp3) is 0.500. The van der Waals surface area contributed by atoms with Crippen LogP contribution in [-0.4, -0.2) is 29.9 Å². The van der Waals surface area contributed by atoms with Gasteiger partial charge in [0.2, 0.25) is 5.91 Å². The van der Waals surface area contributed by atoms with Crippen LogP contribution in [-0.2, 0) is 4.79 Å². The molecule has 0 radical (unpaired) electrons. The molecule has 1 atom stereocenters. The minimum absolute atomic E-state index is 0.0360. The van der Waals surface area contributed by atoms with Gasteiger partial charge >= 0.3 is 0 Å². The molecular weight excluding hydrogens is 283 g/mol. The molecule has 1 fully saturated rings. The van der Waals surface area contributed by atoms with Crippen LogP contribution in [0.15, 0.2) is 18.2 Å². The van der Waals surface area contributed by atoms with Gasteiger partial charge in [0.1, 0.15) is 0 Å². The summed E-state index contributed by atoms with van der Waals surface area (Å²) in [4.78, 5) is 14.4. The molecule has 1 saturated heterocycles. The van der Waals surface area contributed by atoms with Gasteiger partial charge in [0.25, 0.3) is 0 Å². The van der Waals surface area contributed by atoms with Crippen LogP contribution >= 0.6 is 23.2 Å². The largest absolute Gasteiger partial charge is 0.323 e. The zero-order valence-corrected chi connectivity index (χ0v) is 12.5. The molecule has 1 aromatic rings. The van der Waals surface area contributed by atoms with Crippen molar-refractivity contribution in [1.29, 1.82) is 0 Å². The van der Waals surface area contributed by atoms with Crippen molar-refractivity contribution < 1.29 is 4.79 Å². The van der Waals surface area contributed by atoms with E-state index in [1.165, 1.54) is 6.42 Å². The first kappa shape index (κ1) is 14.6. The molecule has 5 heteroatoms. The molecule has 1 unspecified atom stereocenters. The van der Waals surface area contributed by atoms with E-state index in [1.807, 2.05) is 6.92 Å². The second-order valence-electron chi connectivity index (χ2n) is 4.86. The number of nitrogens with zero attached hydrogens (tertiary/aromatic N) is 1. The van der Waals surface area contributed by atoms with E-state index in [9.17, 15) is 4.79 Å². The van der Waals surface area contributed by atoms with Crippen LogP contribution in [0, 0.1) is 0 Å². The summed E-state index contributed by atoms with van der Waals surface area (Å²) < 4.78 is 0. The molecule has 0 saturated carbocycles. The van der Waals surface area contributed by atoms with Gasteiger partial charge in [0.05, 0.1) is 21.8 Å². The molecule has 1 aliphatic rings. The van der Waals surface area contributed by atoms with E-state index in [4.69, 9.17) is 23.2 Å². The van der Waals surface area contributed by atoms with Gasteiger partial charge in [-0.05, 0) is 45.0 Å². The SMILES string of the molecule is CC(C(=O)Nc1cccc(Cl)c1Cl)N1CCCCC1. The standard InChI is InChI=1S/C14H18Cl2N2O/c1-10(18-8-3-2-4-9-18)14(19)17-12-7-5-6-11(15)13(12)16/h5-7,10H,2-4,8-9H2,1H3,(H,17,19). The van der Waals surface area contributed by atoms with Gasteiger partial charge in [-0.1, -0.05) is 35.7 Å². The summed E-state index contributed by atoms with van der Waals surface area (Å²) in [7, 11) is 0. The van der Waals surface area contributed by atoms with Gasteiger partial charge in [-0.15, -0.1) is 0 Å². The number of hydrogen-bond donors (Lipinski definition) is 1. The Labute approximate surface area is 123 Å². The highest BCUT2D eigenvalue weighted by Gasteiger charge is 2.23. The first-order valence-electron chi connectivity index (χ1n) is 6.58. The summed E-state index contributed by atoms with van der Waals surface area (Å²) in [5.41, 5.74) is 0.572. The molecule has 0 bridgehead atoms. The first-order valence-corrected chi connectivity index (χ1v) is 7.34. The van der Waals surface area contributed by atoms with Crippen LogP contribution in [0.4, 0.5) is 5.69 Å². The molecule has 0 aliphatic carbocycles. The highest BCUT2D eigenvalue weighted by Crippen LogP contribution is 2.29. The number of amides is 1. The van der Waals surface area contributed by atoms with Crippen LogP contribution in [0.5, 0.6) is 0 Å². The molecule has 1 amide bonds. The van der Waals surface area contributed by atoms with Crippen LogP contribution < -0.4 is 5.32 Å². The number of rotatable bonds is 3. The van der Waals surface area contributed by atoms with Crippen molar-refractivity contribution in [3.8, 4) is 0 Å². The Hall–Kier alpha value is -0.770. The van der Waals surface area contributed by atoms with Gasteiger partial charge < -0.3 is 5.32 Å². The maximum absolute atomic E-state index is 12.2. The van der Waals surface area contributed by atoms with Crippen LogP contribution in [0.2, 0.25) is 10.0 Å². The minimum atomic E-state index is -0.143. The Balaban J connectivity index is 2.01. The highest BCUT2D eigenvalue weighted by molar-refractivity contribution is 6.44. The van der Waals surface area contributed by atoms with E-state index in [0.29, 0.717) is 15.7 Å². The lowest BCUT2D eigenvalue weighted by atomic mass is 10.1. The van der Waals surface area contributed by atoms with E-state index in [0.717, 1.165) is 25.9 Å². The van der Waals surface area contributed by atoms with Gasteiger partial charge in [-0.2, -0.15) is 0 Å². The number of carbonyl (C=O) groups excluding carboxylic acids is 1. The predicted octanol–water partition coefficient (Wildman–Crippen LogP) is 3.81. The fourth-order valence-electron chi connectivity index (χ4n) is 2.31. The van der Waals surface area contributed by atoms with Crippen molar-refractivity contribution in [1.82, 2.24) is 4.90 Å². The summed E-state index contributed by atoms with van der Waals surface area (Å²) in [6, 6.07) is 5.09. The molecule has 1 heterocycles. The zero-order valence-electron chi connectivity index (χ0n) is 11.0. The quantitative estimate of drug-likeness (QED) is 0.921. The summed E-state index contributed by atoms with van der Waals surface area (Å²) in [6.07, 6.45) is 3.58. The molecule has 104 valence electrons. The molecule has 19 heavy (non-hydrogen) atoms. The summed E-state index contributed by atoms with van der Waals surface area (Å²) in [5, 5.41) is 3.69. The molecule has 2 rings (SSSR count). The summed E-state index contributed by atoms with van der Waals surface area (Å²) >= 11 is 12.0. The van der Waals surface area contributed by atoms with E-state index in [-0.39, 0.29) is 11.9 Å². The number of likely N-dealkylation sites (tertiary alicyclic amines) is 1. The average molecular weight is 301 g/mol. The Morgan fingerprint density at radius 1 is 1.26 bits per heavy atom. The van der Waals surface area contributed by atoms with Crippen molar-refractivity contribution in [2.45, 2.75) is 32.2 Å². The molecule has 0 aromatic heterocycles. The lowest BCUT2D eigenvalue weighted by molar-refractivity contribution is -0.121. The van der Waals surface area contributed by atoms with Crippen molar-refractivity contribution in [2.24, 2.45) is 0 Å². The normalized spacial score (nSPS) is 18.1. The van der Waals surface area contributed by atoms with Crippen LogP contribution in [0.25, 0.3) is 0 Å². The molecule has 1 aromatic carbocycles. The van der Waals surface area contributed by atoms with E-state index in [1.54, 1.807) is 18.2 Å². The fourth-order valence-corrected chi connectivity index (χ4v) is 2.66. The lowest BCUT2D eigenvalue weighted by Crippen LogP contribution is -2.44. The van der Waals surface area contributed by atoms with Crippen molar-refractivity contribution in [2.75, 3.05) is 18.4 Å². The van der Waals surface area contributed by atoms with Gasteiger partial charge in [-0.25, -0.2) is 0 Å². The molecule has 3 nitrogen and oxygen atoms in total. The lowest BCUT2D eigenvalue weighted by Gasteiger charge is -2.31. The van der Waals surface area contributed by atoms with E-state index in [2.05, 4.69) is 10.2 Å². The number of nitrogens with one attached hydrogen (secondary N) is 1. The van der Waals surface area contributed by atoms with Crippen molar-refractivity contribution >= 4 is 34.8 Å². The van der Waals surface area contributed by atoms with Gasteiger partial charge in [0, 0.05) is 0 Å².